The van der Waals surface area contributed by atoms with Crippen molar-refractivity contribution in [1.82, 2.24) is 10.2 Å². The van der Waals surface area contributed by atoms with Gasteiger partial charge in [-0.3, -0.25) is 4.90 Å². The second-order valence-corrected chi connectivity index (χ2v) is 5.42. The highest BCUT2D eigenvalue weighted by Gasteiger charge is 2.54. The molecule has 3 rings (SSSR count). The van der Waals surface area contributed by atoms with Gasteiger partial charge in [-0.05, 0) is 32.1 Å². The van der Waals surface area contributed by atoms with Crippen molar-refractivity contribution in [1.29, 1.82) is 0 Å². The van der Waals surface area contributed by atoms with Crippen LogP contribution in [-0.2, 0) is 0 Å². The molecule has 0 radical (unpaired) electrons. The SMILES string of the molecule is CC1(C)CN2CC3CC3C2CN1. The first-order chi connectivity index (χ1) is 5.66. The Morgan fingerprint density at radius 1 is 1.42 bits per heavy atom. The van der Waals surface area contributed by atoms with Crippen LogP contribution in [-0.4, -0.2) is 36.1 Å². The smallest absolute Gasteiger partial charge is 0.0253 e. The zero-order chi connectivity index (χ0) is 8.34. The van der Waals surface area contributed by atoms with Gasteiger partial charge in [0.2, 0.25) is 0 Å². The molecule has 12 heavy (non-hydrogen) atoms. The molecule has 2 aliphatic heterocycles. The van der Waals surface area contributed by atoms with E-state index in [0.29, 0.717) is 5.54 Å². The molecule has 2 heteroatoms. The second-order valence-electron chi connectivity index (χ2n) is 5.42. The first kappa shape index (κ1) is 7.34. The fourth-order valence-electron chi connectivity index (χ4n) is 3.07. The summed E-state index contributed by atoms with van der Waals surface area (Å²) < 4.78 is 0. The minimum absolute atomic E-state index is 0.354. The third-order valence-electron chi connectivity index (χ3n) is 3.80. The lowest BCUT2D eigenvalue weighted by molar-refractivity contribution is 0.111. The van der Waals surface area contributed by atoms with Crippen molar-refractivity contribution in [3.63, 3.8) is 0 Å². The number of hydrogen-bond donors (Lipinski definition) is 1. The van der Waals surface area contributed by atoms with Gasteiger partial charge in [-0.15, -0.1) is 0 Å². The predicted octanol–water partition coefficient (Wildman–Crippen LogP) is 0.688. The number of piperazine rings is 1. The number of hydrogen-bond acceptors (Lipinski definition) is 2. The topological polar surface area (TPSA) is 15.3 Å². The maximum absolute atomic E-state index is 3.65. The van der Waals surface area contributed by atoms with Crippen molar-refractivity contribution < 1.29 is 0 Å². The van der Waals surface area contributed by atoms with E-state index in [1.165, 1.54) is 26.1 Å². The van der Waals surface area contributed by atoms with Crippen molar-refractivity contribution in [3.8, 4) is 0 Å². The van der Waals surface area contributed by atoms with Crippen molar-refractivity contribution in [3.05, 3.63) is 0 Å². The molecule has 1 saturated carbocycles. The van der Waals surface area contributed by atoms with Gasteiger partial charge in [0.25, 0.3) is 0 Å². The molecule has 3 aliphatic rings. The third kappa shape index (κ3) is 0.944. The zero-order valence-corrected chi connectivity index (χ0v) is 8.01. The van der Waals surface area contributed by atoms with Crippen molar-refractivity contribution in [2.24, 2.45) is 11.8 Å². The van der Waals surface area contributed by atoms with Crippen LogP contribution < -0.4 is 5.32 Å². The summed E-state index contributed by atoms with van der Waals surface area (Å²) in [5, 5.41) is 3.65. The van der Waals surface area contributed by atoms with E-state index in [4.69, 9.17) is 0 Å². The number of rotatable bonds is 0. The summed E-state index contributed by atoms with van der Waals surface area (Å²) in [5.41, 5.74) is 0.354. The van der Waals surface area contributed by atoms with E-state index in [2.05, 4.69) is 24.1 Å². The van der Waals surface area contributed by atoms with Gasteiger partial charge in [0.1, 0.15) is 0 Å². The molecular weight excluding hydrogens is 148 g/mol. The van der Waals surface area contributed by atoms with Gasteiger partial charge in [0.15, 0.2) is 0 Å². The fraction of sp³-hybridized carbons (Fsp3) is 1.00. The highest BCUT2D eigenvalue weighted by molar-refractivity contribution is 5.09. The molecule has 0 aromatic rings. The summed E-state index contributed by atoms with van der Waals surface area (Å²) in [4.78, 5) is 2.70. The van der Waals surface area contributed by atoms with Crippen molar-refractivity contribution >= 4 is 0 Å². The van der Waals surface area contributed by atoms with Gasteiger partial charge in [-0.1, -0.05) is 0 Å². The number of nitrogens with zero attached hydrogens (tertiary/aromatic N) is 1. The molecule has 3 atom stereocenters. The van der Waals surface area contributed by atoms with E-state index in [0.717, 1.165) is 17.9 Å². The largest absolute Gasteiger partial charge is 0.309 e. The fourth-order valence-corrected chi connectivity index (χ4v) is 3.07. The number of nitrogens with one attached hydrogen (secondary N) is 1. The normalized spacial score (nSPS) is 50.0. The van der Waals surface area contributed by atoms with Crippen LogP contribution in [0.4, 0.5) is 0 Å². The lowest BCUT2D eigenvalue weighted by atomic mass is 9.98. The van der Waals surface area contributed by atoms with Crippen LogP contribution in [0.15, 0.2) is 0 Å². The standard InChI is InChI=1S/C10H18N2/c1-10(2)6-12-5-7-3-8(7)9(12)4-11-10/h7-9,11H,3-6H2,1-2H3. The molecule has 0 bridgehead atoms. The maximum atomic E-state index is 3.65. The number of piperidine rings is 1. The van der Waals surface area contributed by atoms with E-state index in [1.807, 2.05) is 0 Å². The van der Waals surface area contributed by atoms with Crippen molar-refractivity contribution in [2.75, 3.05) is 19.6 Å². The minimum Gasteiger partial charge on any atom is -0.309 e. The van der Waals surface area contributed by atoms with Crippen LogP contribution >= 0.6 is 0 Å². The van der Waals surface area contributed by atoms with Crippen LogP contribution in [0.1, 0.15) is 20.3 Å². The lowest BCUT2D eigenvalue weighted by Gasteiger charge is -2.42. The van der Waals surface area contributed by atoms with Crippen molar-refractivity contribution in [2.45, 2.75) is 31.8 Å². The molecule has 2 nitrogen and oxygen atoms in total. The van der Waals surface area contributed by atoms with Gasteiger partial charge in [0.05, 0.1) is 0 Å². The molecule has 0 spiro atoms. The summed E-state index contributed by atoms with van der Waals surface area (Å²) >= 11 is 0. The zero-order valence-electron chi connectivity index (χ0n) is 8.01. The minimum atomic E-state index is 0.354. The Morgan fingerprint density at radius 3 is 3.08 bits per heavy atom. The van der Waals surface area contributed by atoms with Crippen LogP contribution in [0.2, 0.25) is 0 Å². The highest BCUT2D eigenvalue weighted by Crippen LogP contribution is 2.50. The van der Waals surface area contributed by atoms with Crippen LogP contribution in [0.5, 0.6) is 0 Å². The van der Waals surface area contributed by atoms with Crippen LogP contribution in [0, 0.1) is 11.8 Å². The molecule has 3 fully saturated rings. The first-order valence-electron chi connectivity index (χ1n) is 5.15. The van der Waals surface area contributed by atoms with Gasteiger partial charge in [-0.25, -0.2) is 0 Å². The molecule has 2 heterocycles. The predicted molar refractivity (Wildman–Crippen MR) is 49.0 cm³/mol. The quantitative estimate of drug-likeness (QED) is 0.569. The molecule has 68 valence electrons. The maximum Gasteiger partial charge on any atom is 0.0253 e. The molecule has 1 aliphatic carbocycles. The average Bonchev–Trinajstić information content (AvgIpc) is 2.61. The Kier molecular flexibility index (Phi) is 1.25. The summed E-state index contributed by atoms with van der Waals surface area (Å²) in [6, 6.07) is 0.892. The van der Waals surface area contributed by atoms with E-state index >= 15 is 0 Å². The summed E-state index contributed by atoms with van der Waals surface area (Å²) in [7, 11) is 0. The Hall–Kier alpha value is -0.0800. The first-order valence-corrected chi connectivity index (χ1v) is 5.15. The van der Waals surface area contributed by atoms with E-state index in [9.17, 15) is 0 Å². The van der Waals surface area contributed by atoms with E-state index < -0.39 is 0 Å². The summed E-state index contributed by atoms with van der Waals surface area (Å²) in [6.45, 7) is 8.50. The van der Waals surface area contributed by atoms with E-state index in [-0.39, 0.29) is 0 Å². The Balaban J connectivity index is 1.76. The Morgan fingerprint density at radius 2 is 2.25 bits per heavy atom. The number of fused-ring (bicyclic) bond motifs is 3. The average molecular weight is 166 g/mol. The molecule has 2 saturated heterocycles. The molecular formula is C10H18N2. The highest BCUT2D eigenvalue weighted by atomic mass is 15.3. The van der Waals surface area contributed by atoms with Gasteiger partial charge in [0, 0.05) is 31.2 Å². The van der Waals surface area contributed by atoms with Gasteiger partial charge >= 0.3 is 0 Å². The van der Waals surface area contributed by atoms with Gasteiger partial charge < -0.3 is 5.32 Å². The van der Waals surface area contributed by atoms with Crippen LogP contribution in [0.25, 0.3) is 0 Å². The molecule has 0 aromatic carbocycles. The monoisotopic (exact) mass is 166 g/mol. The molecule has 1 N–H and O–H groups in total. The third-order valence-corrected chi connectivity index (χ3v) is 3.80. The summed E-state index contributed by atoms with van der Waals surface area (Å²) in [6.07, 6.45) is 1.52. The van der Waals surface area contributed by atoms with Crippen LogP contribution in [0.3, 0.4) is 0 Å². The molecule has 0 amide bonds. The van der Waals surface area contributed by atoms with Gasteiger partial charge in [-0.2, -0.15) is 0 Å². The lowest BCUT2D eigenvalue weighted by Crippen LogP contribution is -2.60. The Labute approximate surface area is 74.3 Å². The molecule has 0 aromatic heterocycles. The Bertz CT molecular complexity index is 212. The molecule has 3 unspecified atom stereocenters. The van der Waals surface area contributed by atoms with E-state index in [1.54, 1.807) is 0 Å². The summed E-state index contributed by atoms with van der Waals surface area (Å²) in [5.74, 6) is 2.14. The second kappa shape index (κ2) is 2.05.